The average Bonchev–Trinajstić information content (AvgIpc) is 2.87. The van der Waals surface area contributed by atoms with Crippen LogP contribution in [-0.2, 0) is 5.54 Å². The summed E-state index contributed by atoms with van der Waals surface area (Å²) in [7, 11) is 2.49. The van der Waals surface area contributed by atoms with Gasteiger partial charge in [-0.1, -0.05) is 0 Å². The van der Waals surface area contributed by atoms with Gasteiger partial charge >= 0.3 is 5.69 Å². The summed E-state index contributed by atoms with van der Waals surface area (Å²) in [6, 6.07) is 2.25. The van der Waals surface area contributed by atoms with E-state index >= 15 is 0 Å². The fraction of sp³-hybridized carbons (Fsp3) is 0.455. The van der Waals surface area contributed by atoms with Gasteiger partial charge in [-0.15, -0.1) is 0 Å². The molecule has 1 aliphatic carbocycles. The lowest BCUT2D eigenvalue weighted by Gasteiger charge is -2.14. The molecule has 1 fully saturated rings. The van der Waals surface area contributed by atoms with Crippen LogP contribution in [0.25, 0.3) is 0 Å². The van der Waals surface area contributed by atoms with E-state index in [4.69, 9.17) is 15.2 Å². The summed E-state index contributed by atoms with van der Waals surface area (Å²) in [5, 5.41) is 11.0. The van der Waals surface area contributed by atoms with Crippen LogP contribution in [-0.4, -0.2) is 25.1 Å². The second kappa shape index (κ2) is 4.02. The van der Waals surface area contributed by atoms with Gasteiger partial charge in [-0.05, 0) is 11.6 Å². The molecule has 0 saturated heterocycles. The molecule has 0 aliphatic heterocycles. The van der Waals surface area contributed by atoms with Gasteiger partial charge in [-0.3, -0.25) is 10.1 Å². The van der Waals surface area contributed by atoms with Crippen molar-refractivity contribution in [1.29, 1.82) is 0 Å². The van der Waals surface area contributed by atoms with Crippen LogP contribution < -0.4 is 15.2 Å². The topological polar surface area (TPSA) is 87.6 Å². The third-order valence-electron chi connectivity index (χ3n) is 3.20. The molecule has 2 N–H and O–H groups in total. The Kier molecular flexibility index (Phi) is 2.85. The van der Waals surface area contributed by atoms with E-state index in [1.165, 1.54) is 20.3 Å². The maximum atomic E-state index is 13.3. The van der Waals surface area contributed by atoms with Gasteiger partial charge in [0, 0.05) is 12.5 Å². The first-order valence-electron chi connectivity index (χ1n) is 5.34. The van der Waals surface area contributed by atoms with Crippen molar-refractivity contribution in [2.24, 2.45) is 5.73 Å². The molecule has 6 nitrogen and oxygen atoms in total. The van der Waals surface area contributed by atoms with Gasteiger partial charge in [-0.25, -0.2) is 8.78 Å². The molecule has 1 unspecified atom stereocenters. The van der Waals surface area contributed by atoms with Gasteiger partial charge in [0.05, 0.1) is 19.1 Å². The predicted octanol–water partition coefficient (Wildman–Crippen LogP) is 1.80. The molecule has 0 amide bonds. The molecule has 8 heteroatoms. The van der Waals surface area contributed by atoms with E-state index in [9.17, 15) is 18.9 Å². The van der Waals surface area contributed by atoms with Crippen LogP contribution in [0, 0.1) is 10.1 Å². The van der Waals surface area contributed by atoms with E-state index in [1.807, 2.05) is 0 Å². The van der Waals surface area contributed by atoms with Crippen molar-refractivity contribution in [3.8, 4) is 11.5 Å². The molecule has 0 spiro atoms. The Morgan fingerprint density at radius 2 is 1.95 bits per heavy atom. The van der Waals surface area contributed by atoms with Crippen LogP contribution in [0.3, 0.4) is 0 Å². The van der Waals surface area contributed by atoms with Crippen molar-refractivity contribution in [2.45, 2.75) is 17.9 Å². The van der Waals surface area contributed by atoms with Gasteiger partial charge in [0.25, 0.3) is 5.92 Å². The second-order valence-electron chi connectivity index (χ2n) is 4.34. The summed E-state index contributed by atoms with van der Waals surface area (Å²) >= 11 is 0. The lowest BCUT2D eigenvalue weighted by molar-refractivity contribution is -0.385. The summed E-state index contributed by atoms with van der Waals surface area (Å²) in [6.45, 7) is 0. The number of benzene rings is 1. The largest absolute Gasteiger partial charge is 0.493 e. The minimum absolute atomic E-state index is 0.000718. The highest BCUT2D eigenvalue weighted by Gasteiger charge is 2.70. The second-order valence-corrected chi connectivity index (χ2v) is 4.34. The molecule has 0 heterocycles. The number of rotatable bonds is 4. The lowest BCUT2D eigenvalue weighted by Crippen LogP contribution is -2.27. The minimum Gasteiger partial charge on any atom is -0.493 e. The summed E-state index contributed by atoms with van der Waals surface area (Å²) < 4.78 is 36.3. The molecule has 2 rings (SSSR count). The number of ether oxygens (including phenoxy) is 2. The lowest BCUT2D eigenvalue weighted by atomic mass is 10.0. The number of hydrogen-bond acceptors (Lipinski definition) is 5. The number of nitro groups is 1. The fourth-order valence-electron chi connectivity index (χ4n) is 1.96. The Hall–Kier alpha value is -1.96. The van der Waals surface area contributed by atoms with E-state index in [0.29, 0.717) is 0 Å². The van der Waals surface area contributed by atoms with Gasteiger partial charge in [-0.2, -0.15) is 0 Å². The SMILES string of the molecule is COc1cc(C2(N)CC2(F)F)cc([N+](=O)[O-])c1OC. The fourth-order valence-corrected chi connectivity index (χ4v) is 1.96. The number of hydrogen-bond donors (Lipinski definition) is 1. The minimum atomic E-state index is -3.07. The first-order valence-corrected chi connectivity index (χ1v) is 5.34. The van der Waals surface area contributed by atoms with Crippen LogP contribution in [0.15, 0.2) is 12.1 Å². The van der Waals surface area contributed by atoms with E-state index in [1.54, 1.807) is 0 Å². The number of halogens is 2. The van der Waals surface area contributed by atoms with Crippen molar-refractivity contribution in [3.05, 3.63) is 27.8 Å². The van der Waals surface area contributed by atoms with E-state index < -0.39 is 28.5 Å². The first-order chi connectivity index (χ1) is 8.76. The monoisotopic (exact) mass is 274 g/mol. The number of methoxy groups -OCH3 is 2. The Morgan fingerprint density at radius 3 is 2.32 bits per heavy atom. The quantitative estimate of drug-likeness (QED) is 0.668. The van der Waals surface area contributed by atoms with Crippen LogP contribution in [0.2, 0.25) is 0 Å². The summed E-state index contributed by atoms with van der Waals surface area (Å²) in [5.74, 6) is -3.19. The van der Waals surface area contributed by atoms with Crippen molar-refractivity contribution < 1.29 is 23.2 Å². The summed E-state index contributed by atoms with van der Waals surface area (Å²) in [5.41, 5.74) is 3.19. The maximum absolute atomic E-state index is 13.3. The van der Waals surface area contributed by atoms with Crippen LogP contribution >= 0.6 is 0 Å². The Bertz CT molecular complexity index is 550. The predicted molar refractivity (Wildman–Crippen MR) is 61.6 cm³/mol. The number of alkyl halides is 2. The first kappa shape index (κ1) is 13.5. The molecule has 104 valence electrons. The third-order valence-corrected chi connectivity index (χ3v) is 3.20. The van der Waals surface area contributed by atoms with Crippen molar-refractivity contribution >= 4 is 5.69 Å². The molecular formula is C11H12F2N2O4. The van der Waals surface area contributed by atoms with E-state index in [0.717, 1.165) is 6.07 Å². The highest BCUT2D eigenvalue weighted by Crippen LogP contribution is 2.59. The number of nitrogens with two attached hydrogens (primary N) is 1. The smallest absolute Gasteiger partial charge is 0.315 e. The molecule has 1 aliphatic rings. The van der Waals surface area contributed by atoms with Crippen molar-refractivity contribution in [2.75, 3.05) is 14.2 Å². The zero-order valence-corrected chi connectivity index (χ0v) is 10.3. The number of nitro benzene ring substituents is 1. The van der Waals surface area contributed by atoms with Crippen LogP contribution in [0.5, 0.6) is 11.5 Å². The zero-order valence-electron chi connectivity index (χ0n) is 10.3. The molecule has 1 aromatic carbocycles. The molecular weight excluding hydrogens is 262 g/mol. The molecule has 19 heavy (non-hydrogen) atoms. The molecule has 0 radical (unpaired) electrons. The highest BCUT2D eigenvalue weighted by molar-refractivity contribution is 5.60. The normalized spacial score (nSPS) is 23.8. The third kappa shape index (κ3) is 1.88. The average molecular weight is 274 g/mol. The summed E-state index contributed by atoms with van der Waals surface area (Å²) in [4.78, 5) is 10.2. The maximum Gasteiger partial charge on any atom is 0.315 e. The zero-order chi connectivity index (χ0) is 14.4. The van der Waals surface area contributed by atoms with Crippen molar-refractivity contribution in [1.82, 2.24) is 0 Å². The molecule has 1 saturated carbocycles. The Morgan fingerprint density at radius 1 is 1.37 bits per heavy atom. The van der Waals surface area contributed by atoms with Gasteiger partial charge in [0.1, 0.15) is 5.54 Å². The summed E-state index contributed by atoms with van der Waals surface area (Å²) in [6.07, 6.45) is -0.549. The van der Waals surface area contributed by atoms with Crippen LogP contribution in [0.4, 0.5) is 14.5 Å². The van der Waals surface area contributed by atoms with Gasteiger partial charge in [0.15, 0.2) is 5.75 Å². The van der Waals surface area contributed by atoms with Gasteiger partial charge < -0.3 is 15.2 Å². The molecule has 0 bridgehead atoms. The van der Waals surface area contributed by atoms with E-state index in [-0.39, 0.29) is 17.1 Å². The molecule has 0 aromatic heterocycles. The Balaban J connectivity index is 2.60. The molecule has 1 aromatic rings. The van der Waals surface area contributed by atoms with E-state index in [2.05, 4.69) is 0 Å². The molecule has 1 atom stereocenters. The van der Waals surface area contributed by atoms with Gasteiger partial charge in [0.2, 0.25) is 5.75 Å². The number of nitrogens with zero attached hydrogens (tertiary/aromatic N) is 1. The van der Waals surface area contributed by atoms with Crippen LogP contribution in [0.1, 0.15) is 12.0 Å². The highest BCUT2D eigenvalue weighted by atomic mass is 19.3. The Labute approximate surface area is 107 Å². The van der Waals surface area contributed by atoms with Crippen molar-refractivity contribution in [3.63, 3.8) is 0 Å². The standard InChI is InChI=1S/C11H12F2N2O4/c1-18-8-4-6(10(14)5-11(10,12)13)3-7(15(16)17)9(8)19-2/h3-4H,5,14H2,1-2H3.